The lowest BCUT2D eigenvalue weighted by molar-refractivity contribution is 0.144. The second-order valence-corrected chi connectivity index (χ2v) is 8.09. The van der Waals surface area contributed by atoms with Gasteiger partial charge in [-0.15, -0.1) is 11.3 Å². The summed E-state index contributed by atoms with van der Waals surface area (Å²) in [6, 6.07) is 4.13. The molecule has 0 spiro atoms. The highest BCUT2D eigenvalue weighted by atomic mass is 35.5. The van der Waals surface area contributed by atoms with Gasteiger partial charge in [0.15, 0.2) is 0 Å². The monoisotopic (exact) mass is 287 g/mol. The van der Waals surface area contributed by atoms with Crippen LogP contribution >= 0.6 is 22.9 Å². The van der Waals surface area contributed by atoms with Crippen LogP contribution in [-0.2, 0) is 11.2 Å². The van der Waals surface area contributed by atoms with Gasteiger partial charge >= 0.3 is 0 Å². The standard InChI is InChI=1S/C14H22ClNOS/c1-13(2,3)16-9-14(6-7-17-10-14)8-11-4-5-12(15)18-11/h4-5,16H,6-10H2,1-3H3. The van der Waals surface area contributed by atoms with E-state index in [1.165, 1.54) is 4.88 Å². The second-order valence-electron chi connectivity index (χ2n) is 6.29. The summed E-state index contributed by atoms with van der Waals surface area (Å²) in [7, 11) is 0. The molecule has 1 aliphatic rings. The summed E-state index contributed by atoms with van der Waals surface area (Å²) in [6.45, 7) is 9.36. The molecule has 1 saturated heterocycles. The van der Waals surface area contributed by atoms with Crippen molar-refractivity contribution >= 4 is 22.9 Å². The SMILES string of the molecule is CC(C)(C)NCC1(Cc2ccc(Cl)s2)CCOC1. The summed E-state index contributed by atoms with van der Waals surface area (Å²) < 4.78 is 6.51. The van der Waals surface area contributed by atoms with E-state index in [9.17, 15) is 0 Å². The molecule has 18 heavy (non-hydrogen) atoms. The van der Waals surface area contributed by atoms with E-state index in [1.807, 2.05) is 6.07 Å². The lowest BCUT2D eigenvalue weighted by Crippen LogP contribution is -2.45. The number of hydrogen-bond acceptors (Lipinski definition) is 3. The molecule has 2 heterocycles. The fourth-order valence-electron chi connectivity index (χ4n) is 2.26. The summed E-state index contributed by atoms with van der Waals surface area (Å²) in [4.78, 5) is 1.36. The molecule has 0 aromatic carbocycles. The van der Waals surface area contributed by atoms with Crippen molar-refractivity contribution in [2.24, 2.45) is 5.41 Å². The Kier molecular flexibility index (Phi) is 4.37. The van der Waals surface area contributed by atoms with Crippen molar-refractivity contribution in [2.75, 3.05) is 19.8 Å². The van der Waals surface area contributed by atoms with Crippen molar-refractivity contribution in [1.29, 1.82) is 0 Å². The molecule has 1 aliphatic heterocycles. The Morgan fingerprint density at radius 2 is 2.22 bits per heavy atom. The predicted molar refractivity (Wildman–Crippen MR) is 78.7 cm³/mol. The van der Waals surface area contributed by atoms with Gasteiger partial charge in [-0.3, -0.25) is 0 Å². The van der Waals surface area contributed by atoms with Crippen LogP contribution in [0.1, 0.15) is 32.1 Å². The van der Waals surface area contributed by atoms with Crippen molar-refractivity contribution < 1.29 is 4.74 Å². The minimum absolute atomic E-state index is 0.155. The van der Waals surface area contributed by atoms with Crippen LogP contribution in [0.15, 0.2) is 12.1 Å². The first kappa shape index (κ1) is 14.3. The lowest BCUT2D eigenvalue weighted by Gasteiger charge is -2.32. The smallest absolute Gasteiger partial charge is 0.0931 e. The number of hydrogen-bond donors (Lipinski definition) is 1. The fourth-order valence-corrected chi connectivity index (χ4v) is 3.52. The van der Waals surface area contributed by atoms with Crippen LogP contribution in [0, 0.1) is 5.41 Å². The first-order chi connectivity index (χ1) is 8.39. The molecule has 102 valence electrons. The van der Waals surface area contributed by atoms with Gasteiger partial charge in [0.25, 0.3) is 0 Å². The molecule has 0 bridgehead atoms. The number of thiophene rings is 1. The number of halogens is 1. The Morgan fingerprint density at radius 3 is 2.72 bits per heavy atom. The average Bonchev–Trinajstić information content (AvgIpc) is 2.86. The van der Waals surface area contributed by atoms with Crippen molar-refractivity contribution in [3.8, 4) is 0 Å². The third-order valence-electron chi connectivity index (χ3n) is 3.36. The van der Waals surface area contributed by atoms with Gasteiger partial charge < -0.3 is 10.1 Å². The zero-order valence-electron chi connectivity index (χ0n) is 11.4. The maximum atomic E-state index is 6.01. The van der Waals surface area contributed by atoms with Crippen LogP contribution in [0.25, 0.3) is 0 Å². The normalized spacial score (nSPS) is 24.7. The first-order valence-corrected chi connectivity index (χ1v) is 7.65. The molecular weight excluding hydrogens is 266 g/mol. The van der Waals surface area contributed by atoms with Crippen molar-refractivity contribution in [2.45, 2.75) is 39.2 Å². The highest BCUT2D eigenvalue weighted by Gasteiger charge is 2.36. The Morgan fingerprint density at radius 1 is 1.44 bits per heavy atom. The molecule has 1 atom stereocenters. The molecule has 1 unspecified atom stereocenters. The summed E-state index contributed by atoms with van der Waals surface area (Å²) in [5, 5.41) is 3.62. The van der Waals surface area contributed by atoms with E-state index in [4.69, 9.17) is 16.3 Å². The van der Waals surface area contributed by atoms with Crippen LogP contribution in [0.5, 0.6) is 0 Å². The van der Waals surface area contributed by atoms with Gasteiger partial charge in [-0.25, -0.2) is 0 Å². The molecule has 1 N–H and O–H groups in total. The Labute approximate surface area is 119 Å². The summed E-state index contributed by atoms with van der Waals surface area (Å²) >= 11 is 7.70. The lowest BCUT2D eigenvalue weighted by atomic mass is 9.82. The Hall–Kier alpha value is -0.0900. The van der Waals surface area contributed by atoms with Crippen molar-refractivity contribution in [3.63, 3.8) is 0 Å². The van der Waals surface area contributed by atoms with Crippen LogP contribution in [0.2, 0.25) is 4.34 Å². The van der Waals surface area contributed by atoms with Gasteiger partial charge in [-0.1, -0.05) is 11.6 Å². The molecule has 2 nitrogen and oxygen atoms in total. The van der Waals surface area contributed by atoms with Gasteiger partial charge in [0, 0.05) is 29.0 Å². The van der Waals surface area contributed by atoms with E-state index in [0.717, 1.165) is 36.9 Å². The molecule has 1 fully saturated rings. The largest absolute Gasteiger partial charge is 0.381 e. The minimum atomic E-state index is 0.155. The van der Waals surface area contributed by atoms with Gasteiger partial charge in [0.1, 0.15) is 0 Å². The summed E-state index contributed by atoms with van der Waals surface area (Å²) in [5.74, 6) is 0. The van der Waals surface area contributed by atoms with Crippen LogP contribution in [-0.4, -0.2) is 25.3 Å². The fraction of sp³-hybridized carbons (Fsp3) is 0.714. The molecule has 0 aliphatic carbocycles. The van der Waals surface area contributed by atoms with Gasteiger partial charge in [0.2, 0.25) is 0 Å². The topological polar surface area (TPSA) is 21.3 Å². The Bertz CT molecular complexity index is 391. The van der Waals surface area contributed by atoms with Gasteiger partial charge in [0.05, 0.1) is 10.9 Å². The molecule has 1 aromatic rings. The van der Waals surface area contributed by atoms with Crippen LogP contribution in [0.3, 0.4) is 0 Å². The third kappa shape index (κ3) is 3.95. The minimum Gasteiger partial charge on any atom is -0.381 e. The zero-order valence-corrected chi connectivity index (χ0v) is 13.0. The zero-order chi connectivity index (χ0) is 13.2. The van der Waals surface area contributed by atoms with Crippen molar-refractivity contribution in [3.05, 3.63) is 21.3 Å². The van der Waals surface area contributed by atoms with E-state index >= 15 is 0 Å². The van der Waals surface area contributed by atoms with E-state index in [0.29, 0.717) is 0 Å². The maximum Gasteiger partial charge on any atom is 0.0931 e. The molecule has 0 saturated carbocycles. The molecule has 2 rings (SSSR count). The highest BCUT2D eigenvalue weighted by molar-refractivity contribution is 7.16. The number of nitrogens with one attached hydrogen (secondary N) is 1. The van der Waals surface area contributed by atoms with E-state index in [2.05, 4.69) is 32.2 Å². The van der Waals surface area contributed by atoms with Crippen LogP contribution in [0.4, 0.5) is 0 Å². The molecular formula is C14H22ClNOS. The van der Waals surface area contributed by atoms with E-state index < -0.39 is 0 Å². The van der Waals surface area contributed by atoms with Crippen molar-refractivity contribution in [1.82, 2.24) is 5.32 Å². The van der Waals surface area contributed by atoms with E-state index in [1.54, 1.807) is 11.3 Å². The second kappa shape index (κ2) is 5.49. The van der Waals surface area contributed by atoms with Gasteiger partial charge in [-0.05, 0) is 45.7 Å². The molecule has 0 radical (unpaired) electrons. The predicted octanol–water partition coefficient (Wildman–Crippen LogP) is 3.74. The van der Waals surface area contributed by atoms with Crippen LogP contribution < -0.4 is 5.32 Å². The number of rotatable bonds is 4. The summed E-state index contributed by atoms with van der Waals surface area (Å²) in [5.41, 5.74) is 0.393. The number of ether oxygens (including phenoxy) is 1. The molecule has 1 aromatic heterocycles. The first-order valence-electron chi connectivity index (χ1n) is 6.46. The molecule has 4 heteroatoms. The highest BCUT2D eigenvalue weighted by Crippen LogP contribution is 2.35. The summed E-state index contributed by atoms with van der Waals surface area (Å²) in [6.07, 6.45) is 2.19. The molecule has 0 amide bonds. The average molecular weight is 288 g/mol. The quantitative estimate of drug-likeness (QED) is 0.911. The maximum absolute atomic E-state index is 6.01. The van der Waals surface area contributed by atoms with Gasteiger partial charge in [-0.2, -0.15) is 0 Å². The van der Waals surface area contributed by atoms with E-state index in [-0.39, 0.29) is 11.0 Å². The Balaban J connectivity index is 2.02. The third-order valence-corrected chi connectivity index (χ3v) is 4.59.